The third-order valence-electron chi connectivity index (χ3n) is 15.2. The molecule has 0 radical (unpaired) electrons. The molecule has 0 aliphatic carbocycles. The highest BCUT2D eigenvalue weighted by molar-refractivity contribution is 7.27. The van der Waals surface area contributed by atoms with E-state index in [1.807, 2.05) is 89.5 Å². The molecule has 0 aliphatic rings. The maximum atomic E-state index is 12.6. The van der Waals surface area contributed by atoms with Crippen LogP contribution < -0.4 is 0 Å². The van der Waals surface area contributed by atoms with Crippen LogP contribution in [0.4, 0.5) is 5.69 Å². The fourth-order valence-corrected chi connectivity index (χ4v) is 14.3. The molecule has 0 bridgehead atoms. The van der Waals surface area contributed by atoms with Crippen molar-refractivity contribution in [2.75, 3.05) is 0 Å². The number of rotatable bonds is 7. The molecule has 0 saturated heterocycles. The molecule has 0 unspecified atom stereocenters. The minimum Gasteiger partial charge on any atom is -0.318 e. The van der Waals surface area contributed by atoms with Crippen molar-refractivity contribution in [1.29, 1.82) is 5.26 Å². The lowest BCUT2D eigenvalue weighted by molar-refractivity contribution is 1.14. The lowest BCUT2D eigenvalue weighted by Gasteiger charge is -2.26. The SMILES string of the molecule is [2H]c1c([2H])c([2H])c(-c2ccc3c4ccccc4n(-c4c([N+]#[C-])c(-c5c([2H])c([2H])c([2H])c([2H])c5[2H])c(C#N)c(-n5c6c(ccc7c8cc(-c9ccccc9)ccc8sc76)c6ccc7c8cc(-c9ccccc9)ccc8sc7c65)c4-c4c([2H])c([2H])c([2H])c([2H])c4[2H])c3c2)c([2H])c1[2H]. The number of thiophene rings is 2. The van der Waals surface area contributed by atoms with Crippen molar-refractivity contribution in [3.8, 4) is 73.1 Å². The van der Waals surface area contributed by atoms with E-state index in [2.05, 4.69) is 47.3 Å². The number of nitrogens with zero attached hydrogens (tertiary/aromatic N) is 4. The predicted molar refractivity (Wildman–Crippen MR) is 339 cm³/mol. The summed E-state index contributed by atoms with van der Waals surface area (Å²) in [5.74, 6) is 0. The number of nitriles is 1. The van der Waals surface area contributed by atoms with Gasteiger partial charge in [0.15, 0.2) is 0 Å². The minimum absolute atomic E-state index is 0.138. The Morgan fingerprint density at radius 3 is 1.40 bits per heavy atom. The van der Waals surface area contributed by atoms with Crippen LogP contribution in [0, 0.1) is 17.9 Å². The standard InChI is InChI=1S/C74H42N4S2/c1-76-68-66(48-25-13-5-14-26-48)61(44-75)69(67(49-27-15-6-16-28-49)72(68)77-62-30-18-17-29-53(62)54-34-31-52(43-63(54)77)47-23-11-4-12-24-47)78-70-55(35-37-57-59-41-50(45-19-7-2-8-20-45)32-39-64(59)79-73(57)70)56-36-38-58-60-42-51(46-21-9-3-10-22-46)33-40-65(60)80-74(58)71(56)78/h2-43H/i4D,5D,6D,11D,12D,13D,14D,15D,16D,23D,24D,25D,26D,27D,28D. The highest BCUT2D eigenvalue weighted by Crippen LogP contribution is 2.55. The first-order chi connectivity index (χ1) is 45.8. The van der Waals surface area contributed by atoms with Crippen LogP contribution in [0.5, 0.6) is 0 Å². The van der Waals surface area contributed by atoms with Crippen molar-refractivity contribution in [3.05, 3.63) is 271 Å². The van der Waals surface area contributed by atoms with Gasteiger partial charge < -0.3 is 9.13 Å². The Balaban J connectivity index is 1.21. The van der Waals surface area contributed by atoms with Gasteiger partial charge in [-0.15, -0.1) is 22.7 Å². The van der Waals surface area contributed by atoms with E-state index in [0.29, 0.717) is 47.5 Å². The largest absolute Gasteiger partial charge is 0.318 e. The van der Waals surface area contributed by atoms with E-state index in [-0.39, 0.29) is 33.6 Å². The van der Waals surface area contributed by atoms with Gasteiger partial charge in [0.05, 0.1) is 75.5 Å². The molecular formula is C74H42N4S2. The number of hydrogen-bond donors (Lipinski definition) is 0. The Morgan fingerprint density at radius 1 is 0.388 bits per heavy atom. The van der Waals surface area contributed by atoms with Crippen molar-refractivity contribution < 1.29 is 20.6 Å². The molecule has 0 amide bonds. The number of fused-ring (bicyclic) bond motifs is 14. The quantitative estimate of drug-likeness (QED) is 0.147. The summed E-state index contributed by atoms with van der Waals surface area (Å²) in [5.41, 5.74) is 2.37. The van der Waals surface area contributed by atoms with Gasteiger partial charge in [-0.2, -0.15) is 5.26 Å². The lowest BCUT2D eigenvalue weighted by atomic mass is 9.88. The first kappa shape index (κ1) is 33.1. The summed E-state index contributed by atoms with van der Waals surface area (Å²) in [5, 5.41) is 18.4. The summed E-state index contributed by atoms with van der Waals surface area (Å²) < 4.78 is 146. The van der Waals surface area contributed by atoms with Gasteiger partial charge >= 0.3 is 0 Å². The molecule has 4 nitrogen and oxygen atoms in total. The van der Waals surface area contributed by atoms with Gasteiger partial charge in [0.2, 0.25) is 5.69 Å². The van der Waals surface area contributed by atoms with Gasteiger partial charge in [0, 0.05) is 63.6 Å². The number of aromatic nitrogens is 2. The molecule has 0 spiro atoms. The van der Waals surface area contributed by atoms with Crippen LogP contribution in [0.1, 0.15) is 26.1 Å². The highest BCUT2D eigenvalue weighted by Gasteiger charge is 2.33. The zero-order valence-electron chi connectivity index (χ0n) is 56.7. The van der Waals surface area contributed by atoms with Gasteiger partial charge in [0.25, 0.3) is 0 Å². The third kappa shape index (κ3) is 6.84. The molecule has 6 heteroatoms. The normalized spacial score (nSPS) is 14.3. The van der Waals surface area contributed by atoms with Crippen LogP contribution in [-0.2, 0) is 0 Å². The van der Waals surface area contributed by atoms with E-state index in [4.69, 9.17) is 6.85 Å². The van der Waals surface area contributed by atoms with E-state index in [1.54, 1.807) is 47.0 Å². The molecule has 16 rings (SSSR count). The second-order valence-electron chi connectivity index (χ2n) is 19.3. The molecule has 0 saturated carbocycles. The Hall–Kier alpha value is -10.3. The van der Waals surface area contributed by atoms with Gasteiger partial charge in [-0.1, -0.05) is 218 Å². The summed E-state index contributed by atoms with van der Waals surface area (Å²) >= 11 is 2.95. The molecule has 4 aromatic heterocycles. The van der Waals surface area contributed by atoms with Gasteiger partial charge in [-0.05, 0) is 80.9 Å². The van der Waals surface area contributed by atoms with Crippen molar-refractivity contribution in [2.45, 2.75) is 0 Å². The van der Waals surface area contributed by atoms with E-state index in [0.717, 1.165) is 53.2 Å². The fraction of sp³-hybridized carbons (Fsp3) is 0. The van der Waals surface area contributed by atoms with Crippen molar-refractivity contribution in [3.63, 3.8) is 0 Å². The molecule has 4 heterocycles. The summed E-state index contributed by atoms with van der Waals surface area (Å²) in [6, 6.07) is 44.4. The Kier molecular flexibility index (Phi) is 7.49. The molecule has 0 aliphatic heterocycles. The van der Waals surface area contributed by atoms with Crippen LogP contribution in [0.3, 0.4) is 0 Å². The van der Waals surface area contributed by atoms with Crippen molar-refractivity contribution in [2.24, 2.45) is 0 Å². The Labute approximate surface area is 489 Å². The van der Waals surface area contributed by atoms with Crippen LogP contribution in [0.15, 0.2) is 254 Å². The molecule has 0 atom stereocenters. The minimum atomic E-state index is -0.778. The average Bonchev–Trinajstić information content (AvgIpc) is 1.60. The van der Waals surface area contributed by atoms with Crippen LogP contribution in [-0.4, -0.2) is 9.13 Å². The van der Waals surface area contributed by atoms with E-state index >= 15 is 0 Å². The summed E-state index contributed by atoms with van der Waals surface area (Å²) in [6.07, 6.45) is 0. The lowest BCUT2D eigenvalue weighted by Crippen LogP contribution is -2.09. The number of benzene rings is 12. The molecule has 370 valence electrons. The van der Waals surface area contributed by atoms with Gasteiger partial charge in [-0.3, -0.25) is 0 Å². The fourth-order valence-electron chi connectivity index (χ4n) is 11.8. The highest BCUT2D eigenvalue weighted by atomic mass is 32.1. The average molecular weight is 1070 g/mol. The zero-order chi connectivity index (χ0) is 66.1. The first-order valence-corrected chi connectivity index (χ1v) is 27.1. The zero-order valence-corrected chi connectivity index (χ0v) is 43.3. The second-order valence-corrected chi connectivity index (χ2v) is 21.5. The topological polar surface area (TPSA) is 38.0 Å². The maximum Gasteiger partial charge on any atom is 0.220 e. The summed E-state index contributed by atoms with van der Waals surface area (Å²) in [4.78, 5) is 4.26. The molecule has 80 heavy (non-hydrogen) atoms. The molecule has 0 fully saturated rings. The molecule has 16 aromatic rings. The predicted octanol–water partition coefficient (Wildman–Crippen LogP) is 21.4. The van der Waals surface area contributed by atoms with Gasteiger partial charge in [0.1, 0.15) is 6.07 Å². The van der Waals surface area contributed by atoms with E-state index < -0.39 is 119 Å². The van der Waals surface area contributed by atoms with Crippen LogP contribution in [0.2, 0.25) is 0 Å². The summed E-state index contributed by atoms with van der Waals surface area (Å²) in [6.45, 7) is 9.59. The van der Waals surface area contributed by atoms with Crippen LogP contribution in [0.25, 0.3) is 156 Å². The van der Waals surface area contributed by atoms with E-state index in [9.17, 15) is 25.5 Å². The van der Waals surface area contributed by atoms with Gasteiger partial charge in [-0.25, -0.2) is 4.85 Å². The monoisotopic (exact) mass is 1070 g/mol. The Bertz CT molecular complexity index is 6000. The third-order valence-corrected chi connectivity index (χ3v) is 17.6. The first-order valence-electron chi connectivity index (χ1n) is 33.0. The maximum absolute atomic E-state index is 12.6. The van der Waals surface area contributed by atoms with E-state index in [1.165, 1.54) is 22.7 Å². The smallest absolute Gasteiger partial charge is 0.220 e. The molecular weight excluding hydrogens is 1010 g/mol. The second kappa shape index (κ2) is 18.1. The van der Waals surface area contributed by atoms with Crippen molar-refractivity contribution >= 4 is 112 Å². The van der Waals surface area contributed by atoms with Crippen LogP contribution >= 0.6 is 22.7 Å². The number of hydrogen-bond acceptors (Lipinski definition) is 3. The molecule has 0 N–H and O–H groups in total. The van der Waals surface area contributed by atoms with Crippen molar-refractivity contribution in [1.82, 2.24) is 9.13 Å². The summed E-state index contributed by atoms with van der Waals surface area (Å²) in [7, 11) is 0. The molecule has 12 aromatic carbocycles. The Morgan fingerprint density at radius 2 is 0.850 bits per heavy atom. The number of para-hydroxylation sites is 1.